The molecule has 1 amide bonds. The van der Waals surface area contributed by atoms with Crippen molar-refractivity contribution in [2.24, 2.45) is 0 Å². The lowest BCUT2D eigenvalue weighted by molar-refractivity contribution is 0.0950. The first-order valence-electron chi connectivity index (χ1n) is 6.26. The van der Waals surface area contributed by atoms with Crippen LogP contribution in [0.25, 0.3) is 0 Å². The zero-order chi connectivity index (χ0) is 14.4. The van der Waals surface area contributed by atoms with Gasteiger partial charge < -0.3 is 15.8 Å². The zero-order valence-corrected chi connectivity index (χ0v) is 11.2. The second kappa shape index (κ2) is 6.51. The quantitative estimate of drug-likeness (QED) is 0.803. The maximum Gasteiger partial charge on any atom is 0.251 e. The van der Waals surface area contributed by atoms with Crippen molar-refractivity contribution in [2.75, 3.05) is 12.3 Å². The van der Waals surface area contributed by atoms with Crippen LogP contribution in [0.4, 0.5) is 5.69 Å². The number of aromatic nitrogens is 2. The summed E-state index contributed by atoms with van der Waals surface area (Å²) in [5, 5.41) is 2.77. The fraction of sp³-hybridized carbons (Fsp3) is 0.214. The van der Waals surface area contributed by atoms with Crippen molar-refractivity contribution >= 4 is 11.6 Å². The number of hydrogen-bond donors (Lipinski definition) is 2. The maximum atomic E-state index is 12.0. The Morgan fingerprint density at radius 1 is 1.40 bits per heavy atom. The van der Waals surface area contributed by atoms with E-state index in [4.69, 9.17) is 10.5 Å². The van der Waals surface area contributed by atoms with E-state index in [1.807, 2.05) is 6.92 Å². The Morgan fingerprint density at radius 2 is 2.25 bits per heavy atom. The highest BCUT2D eigenvalue weighted by Gasteiger charge is 2.08. The van der Waals surface area contributed by atoms with Gasteiger partial charge in [0.05, 0.1) is 24.5 Å². The number of nitrogens with two attached hydrogens (primary N) is 1. The fourth-order valence-electron chi connectivity index (χ4n) is 1.67. The van der Waals surface area contributed by atoms with Gasteiger partial charge >= 0.3 is 0 Å². The minimum Gasteiger partial charge on any atom is -0.492 e. The minimum atomic E-state index is -0.210. The average molecular weight is 272 g/mol. The smallest absolute Gasteiger partial charge is 0.251 e. The number of nitrogens with zero attached hydrogens (tertiary/aromatic N) is 2. The van der Waals surface area contributed by atoms with E-state index in [0.29, 0.717) is 30.2 Å². The lowest BCUT2D eigenvalue weighted by Gasteiger charge is -2.09. The summed E-state index contributed by atoms with van der Waals surface area (Å²) < 4.78 is 5.33. The topological polar surface area (TPSA) is 90.1 Å². The van der Waals surface area contributed by atoms with Gasteiger partial charge in [-0.3, -0.25) is 4.79 Å². The molecule has 0 bridgehead atoms. The van der Waals surface area contributed by atoms with Crippen LogP contribution in [-0.2, 0) is 6.54 Å². The minimum absolute atomic E-state index is 0.210. The summed E-state index contributed by atoms with van der Waals surface area (Å²) in [5.41, 5.74) is 7.50. The Bertz CT molecular complexity index is 587. The molecule has 0 spiro atoms. The zero-order valence-electron chi connectivity index (χ0n) is 11.2. The van der Waals surface area contributed by atoms with Gasteiger partial charge in [-0.1, -0.05) is 0 Å². The van der Waals surface area contributed by atoms with Gasteiger partial charge in [-0.15, -0.1) is 0 Å². The molecular weight excluding hydrogens is 256 g/mol. The Kier molecular flexibility index (Phi) is 4.49. The molecule has 0 saturated carbocycles. The molecule has 1 heterocycles. The lowest BCUT2D eigenvalue weighted by Crippen LogP contribution is -2.23. The van der Waals surface area contributed by atoms with E-state index in [-0.39, 0.29) is 5.91 Å². The van der Waals surface area contributed by atoms with E-state index in [1.165, 1.54) is 6.33 Å². The van der Waals surface area contributed by atoms with E-state index in [1.54, 1.807) is 30.5 Å². The predicted octanol–water partition coefficient (Wildman–Crippen LogP) is 1.39. The molecule has 0 saturated heterocycles. The average Bonchev–Trinajstić information content (AvgIpc) is 2.48. The second-order valence-electron chi connectivity index (χ2n) is 4.07. The molecule has 6 nitrogen and oxygen atoms in total. The highest BCUT2D eigenvalue weighted by atomic mass is 16.5. The highest BCUT2D eigenvalue weighted by Crippen LogP contribution is 2.22. The van der Waals surface area contributed by atoms with E-state index in [9.17, 15) is 4.79 Å². The predicted molar refractivity (Wildman–Crippen MR) is 75.2 cm³/mol. The van der Waals surface area contributed by atoms with Crippen LogP contribution in [0.15, 0.2) is 36.8 Å². The molecule has 0 fully saturated rings. The number of hydrogen-bond acceptors (Lipinski definition) is 5. The number of anilines is 1. The Balaban J connectivity index is 2.00. The lowest BCUT2D eigenvalue weighted by atomic mass is 10.1. The van der Waals surface area contributed by atoms with Crippen LogP contribution in [0.2, 0.25) is 0 Å². The third kappa shape index (κ3) is 3.44. The van der Waals surface area contributed by atoms with Gasteiger partial charge in [0, 0.05) is 11.8 Å². The molecule has 2 aromatic rings. The molecule has 0 aliphatic rings. The van der Waals surface area contributed by atoms with Crippen molar-refractivity contribution in [3.05, 3.63) is 48.0 Å². The molecule has 1 aromatic carbocycles. The van der Waals surface area contributed by atoms with Crippen molar-refractivity contribution in [1.29, 1.82) is 0 Å². The summed E-state index contributed by atoms with van der Waals surface area (Å²) in [7, 11) is 0. The van der Waals surface area contributed by atoms with Crippen molar-refractivity contribution < 1.29 is 9.53 Å². The van der Waals surface area contributed by atoms with Crippen LogP contribution in [0.5, 0.6) is 5.75 Å². The summed E-state index contributed by atoms with van der Waals surface area (Å²) in [6.07, 6.45) is 3.07. The molecule has 104 valence electrons. The van der Waals surface area contributed by atoms with Gasteiger partial charge in [-0.25, -0.2) is 9.97 Å². The van der Waals surface area contributed by atoms with E-state index in [2.05, 4.69) is 15.3 Å². The summed E-state index contributed by atoms with van der Waals surface area (Å²) in [5.74, 6) is 0.373. The van der Waals surface area contributed by atoms with Crippen LogP contribution in [-0.4, -0.2) is 22.5 Å². The molecule has 2 rings (SSSR count). The summed E-state index contributed by atoms with van der Waals surface area (Å²) in [6, 6.07) is 6.71. The van der Waals surface area contributed by atoms with Crippen LogP contribution in [0.3, 0.4) is 0 Å². The van der Waals surface area contributed by atoms with Crippen LogP contribution in [0.1, 0.15) is 23.0 Å². The molecule has 20 heavy (non-hydrogen) atoms. The van der Waals surface area contributed by atoms with Gasteiger partial charge in [0.15, 0.2) is 0 Å². The van der Waals surface area contributed by atoms with Crippen LogP contribution < -0.4 is 15.8 Å². The number of nitrogen functional groups attached to an aromatic ring is 1. The second-order valence-corrected chi connectivity index (χ2v) is 4.07. The van der Waals surface area contributed by atoms with Crippen molar-refractivity contribution in [3.8, 4) is 5.75 Å². The third-order valence-corrected chi connectivity index (χ3v) is 2.65. The summed E-state index contributed by atoms with van der Waals surface area (Å²) in [4.78, 5) is 19.8. The molecule has 0 aliphatic heterocycles. The Labute approximate surface area is 117 Å². The van der Waals surface area contributed by atoms with Gasteiger partial charge in [0.25, 0.3) is 5.91 Å². The molecule has 6 heteroatoms. The first-order valence-corrected chi connectivity index (χ1v) is 6.26. The van der Waals surface area contributed by atoms with Crippen LogP contribution >= 0.6 is 0 Å². The molecule has 0 atom stereocenters. The summed E-state index contributed by atoms with van der Waals surface area (Å²) >= 11 is 0. The monoisotopic (exact) mass is 272 g/mol. The number of rotatable bonds is 5. The highest BCUT2D eigenvalue weighted by molar-refractivity contribution is 5.95. The van der Waals surface area contributed by atoms with Crippen molar-refractivity contribution in [2.45, 2.75) is 13.5 Å². The Morgan fingerprint density at radius 3 is 2.90 bits per heavy atom. The Hall–Kier alpha value is -2.63. The van der Waals surface area contributed by atoms with Crippen LogP contribution in [0, 0.1) is 0 Å². The number of carbonyl (C=O) groups excluding carboxylic acids is 1. The van der Waals surface area contributed by atoms with E-state index in [0.717, 1.165) is 5.69 Å². The third-order valence-electron chi connectivity index (χ3n) is 2.65. The van der Waals surface area contributed by atoms with E-state index < -0.39 is 0 Å². The molecular formula is C14H16N4O2. The van der Waals surface area contributed by atoms with Gasteiger partial charge in [0.2, 0.25) is 0 Å². The SMILES string of the molecule is CCOc1ccc(C(=O)NCc2ccncn2)cc1N. The molecule has 0 radical (unpaired) electrons. The normalized spacial score (nSPS) is 10.1. The number of benzene rings is 1. The van der Waals surface area contributed by atoms with Crippen molar-refractivity contribution in [3.63, 3.8) is 0 Å². The number of carbonyl (C=O) groups is 1. The van der Waals surface area contributed by atoms with Crippen molar-refractivity contribution in [1.82, 2.24) is 15.3 Å². The van der Waals surface area contributed by atoms with E-state index >= 15 is 0 Å². The summed E-state index contributed by atoms with van der Waals surface area (Å²) in [6.45, 7) is 2.75. The first-order chi connectivity index (χ1) is 9.70. The van der Waals surface area contributed by atoms with Gasteiger partial charge in [-0.2, -0.15) is 0 Å². The number of nitrogens with one attached hydrogen (secondary N) is 1. The molecule has 0 aliphatic carbocycles. The largest absolute Gasteiger partial charge is 0.492 e. The number of ether oxygens (including phenoxy) is 1. The number of amides is 1. The fourth-order valence-corrected chi connectivity index (χ4v) is 1.67. The first kappa shape index (κ1) is 13.8. The maximum absolute atomic E-state index is 12.0. The van der Waals surface area contributed by atoms with Gasteiger partial charge in [-0.05, 0) is 31.2 Å². The van der Waals surface area contributed by atoms with Gasteiger partial charge in [0.1, 0.15) is 12.1 Å². The molecule has 1 aromatic heterocycles. The standard InChI is InChI=1S/C14H16N4O2/c1-2-20-13-4-3-10(7-12(13)15)14(19)17-8-11-5-6-16-9-18-11/h3-7,9H,2,8,15H2,1H3,(H,17,19). The molecule has 0 unspecified atom stereocenters. The molecule has 3 N–H and O–H groups in total.